The molecule has 1 rings (SSSR count). The summed E-state index contributed by atoms with van der Waals surface area (Å²) in [5, 5.41) is 13.5. The third kappa shape index (κ3) is 8.45. The topological polar surface area (TPSA) is 87.7 Å². The molecule has 0 saturated heterocycles. The molecule has 3 N–H and O–H groups in total. The predicted octanol–water partition coefficient (Wildman–Crippen LogP) is 0.872. The van der Waals surface area contributed by atoms with Gasteiger partial charge in [0, 0.05) is 30.7 Å². The highest BCUT2D eigenvalue weighted by molar-refractivity contribution is 7.88. The Kier molecular flexibility index (Phi) is 7.72. The molecule has 21 heavy (non-hydrogen) atoms. The van der Waals surface area contributed by atoms with Gasteiger partial charge in [0.2, 0.25) is 10.0 Å². The number of hydrogen-bond acceptors (Lipinski definition) is 5. The van der Waals surface area contributed by atoms with Gasteiger partial charge < -0.3 is 15.2 Å². The van der Waals surface area contributed by atoms with Gasteiger partial charge in [-0.05, 0) is 12.1 Å². The van der Waals surface area contributed by atoms with E-state index in [1.807, 2.05) is 0 Å². The van der Waals surface area contributed by atoms with E-state index in [1.165, 1.54) is 0 Å². The van der Waals surface area contributed by atoms with E-state index in [0.29, 0.717) is 22.3 Å². The Hall–Kier alpha value is -0.570. The number of aliphatic hydroxyl groups is 1. The quantitative estimate of drug-likeness (QED) is 0.571. The lowest BCUT2D eigenvalue weighted by Crippen LogP contribution is -2.36. The van der Waals surface area contributed by atoms with Crippen LogP contribution in [0, 0.1) is 0 Å². The van der Waals surface area contributed by atoms with Crippen LogP contribution in [0.1, 0.15) is 0 Å². The maximum absolute atomic E-state index is 10.8. The van der Waals surface area contributed by atoms with E-state index >= 15 is 0 Å². The molecule has 0 aliphatic heterocycles. The van der Waals surface area contributed by atoms with Crippen molar-refractivity contribution in [2.45, 2.75) is 6.10 Å². The first kappa shape index (κ1) is 18.5. The normalized spacial score (nSPS) is 13.1. The van der Waals surface area contributed by atoms with E-state index in [1.54, 1.807) is 18.2 Å². The molecular weight excluding hydrogens is 339 g/mol. The molecule has 0 aliphatic rings. The number of rotatable bonds is 9. The number of ether oxygens (including phenoxy) is 1. The Morgan fingerprint density at radius 3 is 2.71 bits per heavy atom. The third-order valence-electron chi connectivity index (χ3n) is 2.37. The lowest BCUT2D eigenvalue weighted by atomic mass is 10.3. The number of sulfonamides is 1. The molecule has 1 aromatic carbocycles. The molecule has 120 valence electrons. The SMILES string of the molecule is CS(=O)(=O)NCCNCC(O)COc1cc(Cl)ccc1Cl. The van der Waals surface area contributed by atoms with Gasteiger partial charge in [-0.1, -0.05) is 23.2 Å². The molecule has 0 fully saturated rings. The first-order chi connectivity index (χ1) is 9.78. The second-order valence-corrected chi connectivity index (χ2v) is 7.09. The average molecular weight is 357 g/mol. The van der Waals surface area contributed by atoms with Gasteiger partial charge >= 0.3 is 0 Å². The number of aliphatic hydroxyl groups excluding tert-OH is 1. The van der Waals surface area contributed by atoms with Crippen molar-refractivity contribution in [1.29, 1.82) is 0 Å². The molecule has 0 heterocycles. The standard InChI is InChI=1S/C12H18Cl2N2O4S/c1-21(18,19)16-5-4-15-7-10(17)8-20-12-6-9(13)2-3-11(12)14/h2-3,6,10,15-17H,4-5,7-8H2,1H3. The van der Waals surface area contributed by atoms with Crippen LogP contribution in [0.3, 0.4) is 0 Å². The van der Waals surface area contributed by atoms with Gasteiger partial charge in [-0.2, -0.15) is 0 Å². The molecular formula is C12H18Cl2N2O4S. The van der Waals surface area contributed by atoms with Crippen molar-refractivity contribution in [2.24, 2.45) is 0 Å². The highest BCUT2D eigenvalue weighted by Crippen LogP contribution is 2.27. The maximum atomic E-state index is 10.8. The van der Waals surface area contributed by atoms with Crippen LogP contribution in [-0.4, -0.2) is 52.1 Å². The van der Waals surface area contributed by atoms with Gasteiger partial charge in [-0.3, -0.25) is 0 Å². The number of nitrogens with one attached hydrogen (secondary N) is 2. The van der Waals surface area contributed by atoms with Crippen molar-refractivity contribution >= 4 is 33.2 Å². The molecule has 0 radical (unpaired) electrons. The number of halogens is 2. The second kappa shape index (κ2) is 8.77. The summed E-state index contributed by atoms with van der Waals surface area (Å²) in [5.74, 6) is 0.405. The molecule has 0 aliphatic carbocycles. The van der Waals surface area contributed by atoms with Crippen LogP contribution in [0.4, 0.5) is 0 Å². The van der Waals surface area contributed by atoms with Crippen molar-refractivity contribution in [3.8, 4) is 5.75 Å². The molecule has 1 atom stereocenters. The first-order valence-corrected chi connectivity index (χ1v) is 8.84. The fourth-order valence-electron chi connectivity index (χ4n) is 1.43. The summed E-state index contributed by atoms with van der Waals surface area (Å²) in [6.07, 6.45) is 0.336. The Morgan fingerprint density at radius 1 is 1.33 bits per heavy atom. The van der Waals surface area contributed by atoms with Gasteiger partial charge in [0.1, 0.15) is 18.5 Å². The molecule has 0 bridgehead atoms. The van der Waals surface area contributed by atoms with E-state index in [2.05, 4.69) is 10.0 Å². The zero-order chi connectivity index (χ0) is 15.9. The van der Waals surface area contributed by atoms with Crippen LogP contribution >= 0.6 is 23.2 Å². The van der Waals surface area contributed by atoms with Crippen LogP contribution in [-0.2, 0) is 10.0 Å². The van der Waals surface area contributed by atoms with Crippen molar-refractivity contribution in [2.75, 3.05) is 32.5 Å². The van der Waals surface area contributed by atoms with E-state index < -0.39 is 16.1 Å². The second-order valence-electron chi connectivity index (χ2n) is 4.41. The zero-order valence-electron chi connectivity index (χ0n) is 11.5. The van der Waals surface area contributed by atoms with Crippen LogP contribution in [0.25, 0.3) is 0 Å². The van der Waals surface area contributed by atoms with E-state index in [-0.39, 0.29) is 19.7 Å². The molecule has 1 aromatic rings. The zero-order valence-corrected chi connectivity index (χ0v) is 13.8. The van der Waals surface area contributed by atoms with E-state index in [0.717, 1.165) is 6.26 Å². The largest absolute Gasteiger partial charge is 0.489 e. The molecule has 6 nitrogen and oxygen atoms in total. The van der Waals surface area contributed by atoms with Crippen molar-refractivity contribution < 1.29 is 18.3 Å². The van der Waals surface area contributed by atoms with Crippen LogP contribution < -0.4 is 14.8 Å². The highest BCUT2D eigenvalue weighted by Gasteiger charge is 2.08. The van der Waals surface area contributed by atoms with Crippen LogP contribution in [0.5, 0.6) is 5.75 Å². The lowest BCUT2D eigenvalue weighted by molar-refractivity contribution is 0.107. The summed E-state index contributed by atoms with van der Waals surface area (Å²) in [6.45, 7) is 0.977. The minimum absolute atomic E-state index is 0.0482. The first-order valence-electron chi connectivity index (χ1n) is 6.19. The molecule has 0 amide bonds. The van der Waals surface area contributed by atoms with Crippen molar-refractivity contribution in [3.05, 3.63) is 28.2 Å². The minimum Gasteiger partial charge on any atom is -0.489 e. The monoisotopic (exact) mass is 356 g/mol. The minimum atomic E-state index is -3.18. The van der Waals surface area contributed by atoms with Gasteiger partial charge in [-0.25, -0.2) is 13.1 Å². The smallest absolute Gasteiger partial charge is 0.208 e. The fraction of sp³-hybridized carbons (Fsp3) is 0.500. The fourth-order valence-corrected chi connectivity index (χ4v) is 2.23. The third-order valence-corrected chi connectivity index (χ3v) is 3.65. The summed E-state index contributed by atoms with van der Waals surface area (Å²) in [5.41, 5.74) is 0. The van der Waals surface area contributed by atoms with Gasteiger partial charge in [0.05, 0.1) is 11.3 Å². The Bertz CT molecular complexity index is 554. The Morgan fingerprint density at radius 2 is 2.05 bits per heavy atom. The molecule has 9 heteroatoms. The summed E-state index contributed by atoms with van der Waals surface area (Å²) >= 11 is 11.7. The lowest BCUT2D eigenvalue weighted by Gasteiger charge is -2.14. The number of benzene rings is 1. The maximum Gasteiger partial charge on any atom is 0.208 e. The average Bonchev–Trinajstić information content (AvgIpc) is 2.38. The molecule has 0 saturated carbocycles. The van der Waals surface area contributed by atoms with E-state index in [4.69, 9.17) is 27.9 Å². The summed E-state index contributed by atoms with van der Waals surface area (Å²) in [7, 11) is -3.18. The van der Waals surface area contributed by atoms with Gasteiger partial charge in [-0.15, -0.1) is 0 Å². The molecule has 0 aromatic heterocycles. The van der Waals surface area contributed by atoms with Gasteiger partial charge in [0.25, 0.3) is 0 Å². The Labute approximate surface area is 134 Å². The molecule has 0 spiro atoms. The van der Waals surface area contributed by atoms with Crippen molar-refractivity contribution in [1.82, 2.24) is 10.0 Å². The van der Waals surface area contributed by atoms with Gasteiger partial charge in [0.15, 0.2) is 0 Å². The Balaban J connectivity index is 2.22. The summed E-state index contributed by atoms with van der Waals surface area (Å²) in [6, 6.07) is 4.82. The van der Waals surface area contributed by atoms with Crippen LogP contribution in [0.2, 0.25) is 10.0 Å². The summed E-state index contributed by atoms with van der Waals surface area (Å²) < 4.78 is 29.3. The predicted molar refractivity (Wildman–Crippen MR) is 83.7 cm³/mol. The van der Waals surface area contributed by atoms with E-state index in [9.17, 15) is 13.5 Å². The number of hydrogen-bond donors (Lipinski definition) is 3. The van der Waals surface area contributed by atoms with Crippen molar-refractivity contribution in [3.63, 3.8) is 0 Å². The highest BCUT2D eigenvalue weighted by atomic mass is 35.5. The van der Waals surface area contributed by atoms with Crippen LogP contribution in [0.15, 0.2) is 18.2 Å². The molecule has 1 unspecified atom stereocenters. The summed E-state index contributed by atoms with van der Waals surface area (Å²) in [4.78, 5) is 0.